The zero-order valence-corrected chi connectivity index (χ0v) is 12.9. The fourth-order valence-electron chi connectivity index (χ4n) is 1.55. The Labute approximate surface area is 124 Å². The summed E-state index contributed by atoms with van der Waals surface area (Å²) < 4.78 is 10.0. The van der Waals surface area contributed by atoms with Gasteiger partial charge in [0.15, 0.2) is 6.10 Å². The third kappa shape index (κ3) is 4.98. The molecule has 0 unspecified atom stereocenters. The van der Waals surface area contributed by atoms with Crippen molar-refractivity contribution in [3.63, 3.8) is 0 Å². The Kier molecular flexibility index (Phi) is 5.18. The SMILES string of the molecule is COc1ccc(O)c(C(=O)O[C@@H](C)C(=O)NC(C)(C)C)c1. The van der Waals surface area contributed by atoms with Crippen molar-refractivity contribution in [2.75, 3.05) is 7.11 Å². The van der Waals surface area contributed by atoms with Crippen LogP contribution in [0.1, 0.15) is 38.1 Å². The van der Waals surface area contributed by atoms with E-state index in [9.17, 15) is 14.7 Å². The van der Waals surface area contributed by atoms with E-state index in [4.69, 9.17) is 9.47 Å². The third-order valence-corrected chi connectivity index (χ3v) is 2.57. The van der Waals surface area contributed by atoms with Gasteiger partial charge in [0.05, 0.1) is 7.11 Å². The van der Waals surface area contributed by atoms with Crippen molar-refractivity contribution >= 4 is 11.9 Å². The number of phenols is 1. The molecule has 2 N–H and O–H groups in total. The van der Waals surface area contributed by atoms with Crippen LogP contribution in [0.5, 0.6) is 11.5 Å². The molecule has 1 aromatic carbocycles. The lowest BCUT2D eigenvalue weighted by atomic mass is 10.1. The Bertz CT molecular complexity index is 533. The molecule has 0 aliphatic carbocycles. The first-order chi connectivity index (χ1) is 9.64. The largest absolute Gasteiger partial charge is 0.507 e. The molecule has 116 valence electrons. The van der Waals surface area contributed by atoms with E-state index < -0.39 is 23.5 Å². The minimum atomic E-state index is -0.970. The normalized spacial score (nSPS) is 12.4. The maximum atomic E-state index is 12.0. The molecule has 0 fully saturated rings. The van der Waals surface area contributed by atoms with E-state index in [0.29, 0.717) is 5.75 Å². The van der Waals surface area contributed by atoms with Gasteiger partial charge in [0.25, 0.3) is 5.91 Å². The monoisotopic (exact) mass is 295 g/mol. The van der Waals surface area contributed by atoms with Crippen LogP contribution in [0, 0.1) is 0 Å². The number of hydrogen-bond acceptors (Lipinski definition) is 5. The van der Waals surface area contributed by atoms with E-state index in [1.165, 1.54) is 32.2 Å². The van der Waals surface area contributed by atoms with E-state index in [1.807, 2.05) is 20.8 Å². The van der Waals surface area contributed by atoms with E-state index in [-0.39, 0.29) is 11.3 Å². The molecule has 1 rings (SSSR count). The van der Waals surface area contributed by atoms with Crippen molar-refractivity contribution < 1.29 is 24.2 Å². The summed E-state index contributed by atoms with van der Waals surface area (Å²) in [6, 6.07) is 4.20. The fourth-order valence-corrected chi connectivity index (χ4v) is 1.55. The fraction of sp³-hybridized carbons (Fsp3) is 0.467. The second-order valence-electron chi connectivity index (χ2n) is 5.67. The van der Waals surface area contributed by atoms with Crippen molar-refractivity contribution in [3.8, 4) is 11.5 Å². The predicted octanol–water partition coefficient (Wildman–Crippen LogP) is 1.86. The number of phenolic OH excluding ortho intramolecular Hbond substituents is 1. The third-order valence-electron chi connectivity index (χ3n) is 2.57. The first kappa shape index (κ1) is 16.8. The van der Waals surface area contributed by atoms with Crippen LogP contribution in [0.25, 0.3) is 0 Å². The van der Waals surface area contributed by atoms with Gasteiger partial charge in [-0.05, 0) is 45.9 Å². The van der Waals surface area contributed by atoms with E-state index in [2.05, 4.69) is 5.32 Å². The first-order valence-electron chi connectivity index (χ1n) is 6.54. The summed E-state index contributed by atoms with van der Waals surface area (Å²) >= 11 is 0. The van der Waals surface area contributed by atoms with Gasteiger partial charge in [-0.25, -0.2) is 4.79 Å². The molecule has 0 spiro atoms. The van der Waals surface area contributed by atoms with Crippen molar-refractivity contribution in [2.45, 2.75) is 39.3 Å². The quantitative estimate of drug-likeness (QED) is 0.828. The van der Waals surface area contributed by atoms with Crippen LogP contribution < -0.4 is 10.1 Å². The number of carbonyl (C=O) groups is 2. The summed E-state index contributed by atoms with van der Waals surface area (Å²) in [5, 5.41) is 12.4. The van der Waals surface area contributed by atoms with Gasteiger partial charge in [-0.3, -0.25) is 4.79 Å². The van der Waals surface area contributed by atoms with Crippen molar-refractivity contribution in [1.29, 1.82) is 0 Å². The minimum Gasteiger partial charge on any atom is -0.507 e. The number of benzene rings is 1. The molecule has 0 aliphatic rings. The highest BCUT2D eigenvalue weighted by molar-refractivity contribution is 5.95. The Morgan fingerprint density at radius 1 is 1.29 bits per heavy atom. The number of nitrogens with one attached hydrogen (secondary N) is 1. The standard InChI is InChI=1S/C15H21NO5/c1-9(13(18)16-15(2,3)4)21-14(19)11-8-10(20-5)6-7-12(11)17/h6-9,17H,1-5H3,(H,16,18)/t9-/m0/s1. The van der Waals surface area contributed by atoms with Gasteiger partial charge in [-0.15, -0.1) is 0 Å². The molecule has 0 saturated heterocycles. The molecule has 0 bridgehead atoms. The minimum absolute atomic E-state index is 0.0511. The number of amides is 1. The van der Waals surface area contributed by atoms with Crippen LogP contribution in [0.15, 0.2) is 18.2 Å². The van der Waals surface area contributed by atoms with Crippen molar-refractivity contribution in [1.82, 2.24) is 5.32 Å². The topological polar surface area (TPSA) is 84.9 Å². The molecule has 0 heterocycles. The van der Waals surface area contributed by atoms with Crippen LogP contribution in [0.3, 0.4) is 0 Å². The van der Waals surface area contributed by atoms with E-state index in [1.54, 1.807) is 0 Å². The predicted molar refractivity (Wildman–Crippen MR) is 77.4 cm³/mol. The molecular formula is C15H21NO5. The summed E-state index contributed by atoms with van der Waals surface area (Å²) in [6.07, 6.45) is -0.970. The lowest BCUT2D eigenvalue weighted by Crippen LogP contribution is -2.46. The lowest BCUT2D eigenvalue weighted by Gasteiger charge is -2.23. The highest BCUT2D eigenvalue weighted by Gasteiger charge is 2.24. The number of methoxy groups -OCH3 is 1. The number of hydrogen-bond donors (Lipinski definition) is 2. The molecule has 6 nitrogen and oxygen atoms in total. The number of carbonyl (C=O) groups excluding carboxylic acids is 2. The van der Waals surface area contributed by atoms with Gasteiger partial charge >= 0.3 is 5.97 Å². The summed E-state index contributed by atoms with van der Waals surface area (Å²) in [7, 11) is 1.45. The van der Waals surface area contributed by atoms with E-state index >= 15 is 0 Å². The molecule has 0 radical (unpaired) electrons. The summed E-state index contributed by atoms with van der Waals surface area (Å²) in [5.41, 5.74) is -0.472. The number of rotatable bonds is 4. The summed E-state index contributed by atoms with van der Waals surface area (Å²) in [4.78, 5) is 23.9. The van der Waals surface area contributed by atoms with Crippen LogP contribution in [0.2, 0.25) is 0 Å². The van der Waals surface area contributed by atoms with Gasteiger partial charge < -0.3 is 19.9 Å². The molecule has 0 aromatic heterocycles. The van der Waals surface area contributed by atoms with Gasteiger partial charge in [-0.2, -0.15) is 0 Å². The van der Waals surface area contributed by atoms with Crippen molar-refractivity contribution in [2.24, 2.45) is 0 Å². The lowest BCUT2D eigenvalue weighted by molar-refractivity contribution is -0.130. The van der Waals surface area contributed by atoms with Crippen LogP contribution in [-0.2, 0) is 9.53 Å². The zero-order valence-electron chi connectivity index (χ0n) is 12.9. The Hall–Kier alpha value is -2.24. The van der Waals surface area contributed by atoms with Gasteiger partial charge in [0, 0.05) is 5.54 Å². The van der Waals surface area contributed by atoms with Crippen molar-refractivity contribution in [3.05, 3.63) is 23.8 Å². The van der Waals surface area contributed by atoms with Crippen LogP contribution in [-0.4, -0.2) is 35.7 Å². The van der Waals surface area contributed by atoms with E-state index in [0.717, 1.165) is 0 Å². The maximum Gasteiger partial charge on any atom is 0.342 e. The van der Waals surface area contributed by atoms with Crippen LogP contribution in [0.4, 0.5) is 0 Å². The summed E-state index contributed by atoms with van der Waals surface area (Å²) in [6.45, 7) is 6.95. The average molecular weight is 295 g/mol. The molecule has 1 atom stereocenters. The smallest absolute Gasteiger partial charge is 0.342 e. The molecule has 0 aliphatic heterocycles. The molecule has 1 amide bonds. The Balaban J connectivity index is 2.79. The number of ether oxygens (including phenoxy) is 2. The van der Waals surface area contributed by atoms with Gasteiger partial charge in [0.1, 0.15) is 17.1 Å². The van der Waals surface area contributed by atoms with Gasteiger partial charge in [0.2, 0.25) is 0 Å². The number of esters is 1. The molecule has 1 aromatic rings. The van der Waals surface area contributed by atoms with Crippen LogP contribution >= 0.6 is 0 Å². The first-order valence-corrected chi connectivity index (χ1v) is 6.54. The highest BCUT2D eigenvalue weighted by Crippen LogP contribution is 2.24. The molecule has 21 heavy (non-hydrogen) atoms. The molecule has 0 saturated carbocycles. The second kappa shape index (κ2) is 6.47. The highest BCUT2D eigenvalue weighted by atomic mass is 16.5. The van der Waals surface area contributed by atoms with Gasteiger partial charge in [-0.1, -0.05) is 0 Å². The second-order valence-corrected chi connectivity index (χ2v) is 5.67. The molecule has 6 heteroatoms. The Morgan fingerprint density at radius 2 is 1.90 bits per heavy atom. The average Bonchev–Trinajstić information content (AvgIpc) is 2.37. The maximum absolute atomic E-state index is 12.0. The molecular weight excluding hydrogens is 274 g/mol. The summed E-state index contributed by atoms with van der Waals surface area (Å²) in [5.74, 6) is -1.02. The Morgan fingerprint density at radius 3 is 2.43 bits per heavy atom. The zero-order chi connectivity index (χ0) is 16.2. The number of aromatic hydroxyl groups is 1.